The van der Waals surface area contributed by atoms with Crippen LogP contribution >= 0.6 is 23.2 Å². The molecule has 0 unspecified atom stereocenters. The number of nitrogens with zero attached hydrogens (tertiary/aromatic N) is 2. The first-order valence-electron chi connectivity index (χ1n) is 8.90. The van der Waals surface area contributed by atoms with Crippen molar-refractivity contribution in [2.45, 2.75) is 0 Å². The lowest BCUT2D eigenvalue weighted by Gasteiger charge is -2.35. The molecular formula is C20H21Cl2N3O3. The van der Waals surface area contributed by atoms with Crippen LogP contribution in [0.2, 0.25) is 10.0 Å². The summed E-state index contributed by atoms with van der Waals surface area (Å²) in [6, 6.07) is 13.6. The molecule has 1 saturated heterocycles. The molecule has 1 aliphatic rings. The van der Waals surface area contributed by atoms with Crippen LogP contribution in [0.5, 0.6) is 0 Å². The lowest BCUT2D eigenvalue weighted by atomic mass is 10.0. The lowest BCUT2D eigenvalue weighted by molar-refractivity contribution is -0.123. The van der Waals surface area contributed by atoms with Crippen molar-refractivity contribution < 1.29 is 14.3 Å². The summed E-state index contributed by atoms with van der Waals surface area (Å²) in [5.74, 6) is -0.326. The molecule has 1 fully saturated rings. The molecule has 0 aliphatic carbocycles. The minimum Gasteiger partial charge on any atom is -0.439 e. The molecule has 2 aromatic rings. The topological polar surface area (TPSA) is 61.9 Å². The van der Waals surface area contributed by atoms with Crippen LogP contribution in [0.25, 0.3) is 11.1 Å². The number of benzene rings is 2. The van der Waals surface area contributed by atoms with Crippen molar-refractivity contribution in [2.75, 3.05) is 44.7 Å². The third kappa shape index (κ3) is 4.88. The summed E-state index contributed by atoms with van der Waals surface area (Å²) in [6.07, 6.45) is -0.462. The van der Waals surface area contributed by atoms with Crippen molar-refractivity contribution in [3.05, 3.63) is 52.5 Å². The van der Waals surface area contributed by atoms with Gasteiger partial charge in [0.2, 0.25) is 0 Å². The zero-order valence-corrected chi connectivity index (χ0v) is 17.0. The Hall–Kier alpha value is -2.44. The van der Waals surface area contributed by atoms with Gasteiger partial charge in [0.25, 0.3) is 5.91 Å². The van der Waals surface area contributed by atoms with Gasteiger partial charge in [-0.05, 0) is 29.8 Å². The average Bonchev–Trinajstić information content (AvgIpc) is 2.72. The van der Waals surface area contributed by atoms with E-state index in [2.05, 4.69) is 10.2 Å². The monoisotopic (exact) mass is 421 g/mol. The molecule has 1 N–H and O–H groups in total. The Labute approximate surface area is 174 Å². The highest BCUT2D eigenvalue weighted by Crippen LogP contribution is 2.31. The molecule has 8 heteroatoms. The van der Waals surface area contributed by atoms with Crippen LogP contribution in [0, 0.1) is 0 Å². The third-order valence-electron chi connectivity index (χ3n) is 4.62. The quantitative estimate of drug-likeness (QED) is 0.817. The molecule has 28 heavy (non-hydrogen) atoms. The fourth-order valence-corrected chi connectivity index (χ4v) is 3.53. The summed E-state index contributed by atoms with van der Waals surface area (Å²) in [5.41, 5.74) is 3.02. The Kier molecular flexibility index (Phi) is 6.65. The van der Waals surface area contributed by atoms with E-state index in [1.807, 2.05) is 36.4 Å². The number of amides is 2. The van der Waals surface area contributed by atoms with E-state index >= 15 is 0 Å². The fourth-order valence-electron chi connectivity index (χ4n) is 3.01. The van der Waals surface area contributed by atoms with E-state index in [1.165, 1.54) is 7.05 Å². The zero-order chi connectivity index (χ0) is 20.1. The maximum Gasteiger partial charge on any atom is 0.410 e. The van der Waals surface area contributed by atoms with Gasteiger partial charge in [0.15, 0.2) is 6.61 Å². The maximum atomic E-state index is 12.0. The molecule has 1 aliphatic heterocycles. The molecule has 0 radical (unpaired) electrons. The highest BCUT2D eigenvalue weighted by Gasteiger charge is 2.23. The number of piperazine rings is 1. The SMILES string of the molecule is CNC(=O)COC(=O)N1CCN(c2ccc(-c3ccc(Cl)cc3Cl)cc2)CC1. The van der Waals surface area contributed by atoms with Gasteiger partial charge >= 0.3 is 6.09 Å². The second-order valence-electron chi connectivity index (χ2n) is 6.37. The number of carbonyl (C=O) groups excluding carboxylic acids is 2. The van der Waals surface area contributed by atoms with E-state index in [1.54, 1.807) is 11.0 Å². The van der Waals surface area contributed by atoms with E-state index in [0.717, 1.165) is 16.8 Å². The van der Waals surface area contributed by atoms with Crippen molar-refractivity contribution in [3.63, 3.8) is 0 Å². The molecule has 0 saturated carbocycles. The predicted molar refractivity (Wildman–Crippen MR) is 111 cm³/mol. The first-order chi connectivity index (χ1) is 13.5. The van der Waals surface area contributed by atoms with Crippen molar-refractivity contribution in [3.8, 4) is 11.1 Å². The molecule has 0 atom stereocenters. The molecule has 2 aromatic carbocycles. The second kappa shape index (κ2) is 9.17. The molecule has 0 bridgehead atoms. The lowest BCUT2D eigenvalue weighted by Crippen LogP contribution is -2.49. The summed E-state index contributed by atoms with van der Waals surface area (Å²) in [4.78, 5) is 27.0. The summed E-state index contributed by atoms with van der Waals surface area (Å²) in [6.45, 7) is 2.20. The smallest absolute Gasteiger partial charge is 0.410 e. The number of nitrogens with one attached hydrogen (secondary N) is 1. The Morgan fingerprint density at radius 2 is 1.71 bits per heavy atom. The third-order valence-corrected chi connectivity index (χ3v) is 5.17. The van der Waals surface area contributed by atoms with Crippen LogP contribution in [0.15, 0.2) is 42.5 Å². The Morgan fingerprint density at radius 1 is 1.04 bits per heavy atom. The normalized spacial score (nSPS) is 14.0. The first kappa shape index (κ1) is 20.3. The first-order valence-corrected chi connectivity index (χ1v) is 9.66. The number of hydrogen-bond donors (Lipinski definition) is 1. The largest absolute Gasteiger partial charge is 0.439 e. The van der Waals surface area contributed by atoms with Gasteiger partial charge in [-0.2, -0.15) is 0 Å². The summed E-state index contributed by atoms with van der Waals surface area (Å²) in [7, 11) is 1.50. The highest BCUT2D eigenvalue weighted by molar-refractivity contribution is 6.36. The van der Waals surface area contributed by atoms with Crippen molar-refractivity contribution in [1.29, 1.82) is 0 Å². The second-order valence-corrected chi connectivity index (χ2v) is 7.22. The zero-order valence-electron chi connectivity index (χ0n) is 15.5. The van der Waals surface area contributed by atoms with E-state index < -0.39 is 6.09 Å². The van der Waals surface area contributed by atoms with Gasteiger partial charge in [-0.1, -0.05) is 41.4 Å². The van der Waals surface area contributed by atoms with Crippen LogP contribution in [0.3, 0.4) is 0 Å². The molecule has 2 amide bonds. The standard InChI is InChI=1S/C20H21Cl2N3O3/c1-23-19(26)13-28-20(27)25-10-8-24(9-11-25)16-5-2-14(3-6-16)17-7-4-15(21)12-18(17)22/h2-7,12H,8-11,13H2,1H3,(H,23,26). The van der Waals surface area contributed by atoms with Gasteiger partial charge in [0.05, 0.1) is 0 Å². The van der Waals surface area contributed by atoms with Gasteiger partial charge in [0, 0.05) is 54.5 Å². The molecule has 148 valence electrons. The summed E-state index contributed by atoms with van der Waals surface area (Å²) >= 11 is 12.2. The van der Waals surface area contributed by atoms with Gasteiger partial charge in [-0.3, -0.25) is 4.79 Å². The molecule has 3 rings (SSSR count). The van der Waals surface area contributed by atoms with Gasteiger partial charge in [0.1, 0.15) is 0 Å². The van der Waals surface area contributed by atoms with Gasteiger partial charge in [-0.25, -0.2) is 4.79 Å². The Morgan fingerprint density at radius 3 is 2.32 bits per heavy atom. The van der Waals surface area contributed by atoms with Crippen molar-refractivity contribution in [2.24, 2.45) is 0 Å². The summed E-state index contributed by atoms with van der Waals surface area (Å²) < 4.78 is 4.99. The summed E-state index contributed by atoms with van der Waals surface area (Å²) in [5, 5.41) is 3.64. The average molecular weight is 422 g/mol. The van der Waals surface area contributed by atoms with Crippen LogP contribution in [0.4, 0.5) is 10.5 Å². The molecular weight excluding hydrogens is 401 g/mol. The number of likely N-dealkylation sites (N-methyl/N-ethyl adjacent to an activating group) is 1. The van der Waals surface area contributed by atoms with E-state index in [-0.39, 0.29) is 12.5 Å². The Balaban J connectivity index is 1.57. The number of halogens is 2. The van der Waals surface area contributed by atoms with Crippen LogP contribution in [-0.2, 0) is 9.53 Å². The number of anilines is 1. The minimum atomic E-state index is -0.462. The number of rotatable bonds is 4. The molecule has 0 spiro atoms. The van der Waals surface area contributed by atoms with Crippen LogP contribution in [0.1, 0.15) is 0 Å². The molecule has 6 nitrogen and oxygen atoms in total. The van der Waals surface area contributed by atoms with Crippen LogP contribution < -0.4 is 10.2 Å². The fraction of sp³-hybridized carbons (Fsp3) is 0.300. The molecule has 0 aromatic heterocycles. The minimum absolute atomic E-state index is 0.260. The van der Waals surface area contributed by atoms with Crippen LogP contribution in [-0.4, -0.2) is 56.7 Å². The van der Waals surface area contributed by atoms with E-state index in [9.17, 15) is 9.59 Å². The number of ether oxygens (including phenoxy) is 1. The predicted octanol–water partition coefficient (Wildman–Crippen LogP) is 3.67. The van der Waals surface area contributed by atoms with Crippen molar-refractivity contribution >= 4 is 40.9 Å². The Bertz CT molecular complexity index is 850. The highest BCUT2D eigenvalue weighted by atomic mass is 35.5. The van der Waals surface area contributed by atoms with Crippen molar-refractivity contribution in [1.82, 2.24) is 10.2 Å². The number of carbonyl (C=O) groups is 2. The number of hydrogen-bond acceptors (Lipinski definition) is 4. The van der Waals surface area contributed by atoms with Gasteiger partial charge in [-0.15, -0.1) is 0 Å². The van der Waals surface area contributed by atoms with Gasteiger partial charge < -0.3 is 19.9 Å². The van der Waals surface area contributed by atoms with E-state index in [0.29, 0.717) is 36.2 Å². The maximum absolute atomic E-state index is 12.0. The van der Waals surface area contributed by atoms with E-state index in [4.69, 9.17) is 27.9 Å². The molecule has 1 heterocycles.